The molecule has 0 saturated heterocycles. The fourth-order valence-corrected chi connectivity index (χ4v) is 3.29. The van der Waals surface area contributed by atoms with Crippen LogP contribution in [0.1, 0.15) is 116 Å². The Hall–Kier alpha value is -0.450. The summed E-state index contributed by atoms with van der Waals surface area (Å²) in [6.07, 6.45) is 20.7. The highest BCUT2D eigenvalue weighted by Crippen LogP contribution is 2.15. The Morgan fingerprint density at radius 1 is 0.615 bits per heavy atom. The Morgan fingerprint density at radius 2 is 0.923 bits per heavy atom. The molecule has 4 nitrogen and oxygen atoms in total. The molecule has 0 fully saturated rings. The minimum Gasteiger partial charge on any atom is -0.393 e. The van der Waals surface area contributed by atoms with E-state index >= 15 is 0 Å². The number of carbonyl (C=O) groups excluding carboxylic acids is 1. The van der Waals surface area contributed by atoms with Gasteiger partial charge in [0, 0.05) is 6.42 Å². The lowest BCUT2D eigenvalue weighted by atomic mass is 9.95. The minimum absolute atomic E-state index is 0.232. The zero-order valence-electron chi connectivity index (χ0n) is 17.2. The van der Waals surface area contributed by atoms with Gasteiger partial charge in [-0.1, -0.05) is 103 Å². The number of hydrogen-bond donors (Lipinski definition) is 3. The standard InChI is InChI=1S/C22H44O4/c1-2-3-4-5-6-7-8-9-10-11-12-13-14-15-16-17-18-21(25)22(26,19-23)20-24/h23-24,26H,2-20H2,1H3. The summed E-state index contributed by atoms with van der Waals surface area (Å²) in [6.45, 7) is 0.848. The number of aliphatic hydroxyl groups is 3. The number of rotatable bonds is 20. The zero-order valence-corrected chi connectivity index (χ0v) is 17.2. The number of aliphatic hydroxyl groups excluding tert-OH is 2. The van der Waals surface area contributed by atoms with Gasteiger partial charge in [0.1, 0.15) is 0 Å². The maximum Gasteiger partial charge on any atom is 0.169 e. The van der Waals surface area contributed by atoms with Gasteiger partial charge >= 0.3 is 0 Å². The lowest BCUT2D eigenvalue weighted by Crippen LogP contribution is -2.45. The molecule has 0 aromatic heterocycles. The monoisotopic (exact) mass is 372 g/mol. The number of carbonyl (C=O) groups is 1. The minimum atomic E-state index is -1.95. The largest absolute Gasteiger partial charge is 0.393 e. The van der Waals surface area contributed by atoms with Crippen molar-refractivity contribution in [3.05, 3.63) is 0 Å². The third-order valence-corrected chi connectivity index (χ3v) is 5.30. The molecular weight excluding hydrogens is 328 g/mol. The summed E-state index contributed by atoms with van der Waals surface area (Å²) in [5.74, 6) is -0.451. The van der Waals surface area contributed by atoms with E-state index in [-0.39, 0.29) is 6.42 Å². The van der Waals surface area contributed by atoms with E-state index in [9.17, 15) is 9.90 Å². The summed E-state index contributed by atoms with van der Waals surface area (Å²) >= 11 is 0. The van der Waals surface area contributed by atoms with Crippen LogP contribution >= 0.6 is 0 Å². The molecule has 4 heteroatoms. The molecule has 26 heavy (non-hydrogen) atoms. The Morgan fingerprint density at radius 3 is 1.23 bits per heavy atom. The van der Waals surface area contributed by atoms with Gasteiger partial charge in [0.2, 0.25) is 0 Å². The van der Waals surface area contributed by atoms with E-state index in [1.165, 1.54) is 83.5 Å². The van der Waals surface area contributed by atoms with Gasteiger partial charge in [0.05, 0.1) is 13.2 Å². The van der Waals surface area contributed by atoms with Crippen molar-refractivity contribution < 1.29 is 20.1 Å². The first-order chi connectivity index (χ1) is 12.6. The molecule has 0 aliphatic heterocycles. The van der Waals surface area contributed by atoms with Gasteiger partial charge in [0.15, 0.2) is 11.4 Å². The van der Waals surface area contributed by atoms with Gasteiger partial charge in [-0.25, -0.2) is 0 Å². The smallest absolute Gasteiger partial charge is 0.169 e. The molecule has 0 atom stereocenters. The third kappa shape index (κ3) is 13.7. The van der Waals surface area contributed by atoms with Crippen molar-refractivity contribution in [2.24, 2.45) is 0 Å². The number of Topliss-reactive ketones (excluding diaryl/α,β-unsaturated/α-hetero) is 1. The second-order valence-corrected chi connectivity index (χ2v) is 7.82. The van der Waals surface area contributed by atoms with E-state index in [1.54, 1.807) is 0 Å². The SMILES string of the molecule is CCCCCCCCCCCCCCCCCCC(=O)C(O)(CO)CO. The Kier molecular flexibility index (Phi) is 17.6. The predicted octanol–water partition coefficient (Wildman–Crippen LogP) is 4.92. The van der Waals surface area contributed by atoms with Crippen molar-refractivity contribution in [3.8, 4) is 0 Å². The summed E-state index contributed by atoms with van der Waals surface area (Å²) in [7, 11) is 0. The molecule has 3 N–H and O–H groups in total. The number of unbranched alkanes of at least 4 members (excludes halogenated alkanes) is 15. The molecule has 0 spiro atoms. The first-order valence-electron chi connectivity index (χ1n) is 11.1. The second kappa shape index (κ2) is 17.9. The highest BCUT2D eigenvalue weighted by molar-refractivity contribution is 5.87. The lowest BCUT2D eigenvalue weighted by Gasteiger charge is -2.21. The summed E-state index contributed by atoms with van der Waals surface area (Å²) in [4.78, 5) is 11.7. The highest BCUT2D eigenvalue weighted by atomic mass is 16.4. The molecule has 0 heterocycles. The Labute approximate surface area is 161 Å². The molecule has 0 aliphatic rings. The van der Waals surface area contributed by atoms with Crippen LogP contribution in [0, 0.1) is 0 Å². The van der Waals surface area contributed by atoms with Crippen molar-refractivity contribution in [2.45, 2.75) is 122 Å². The fourth-order valence-electron chi connectivity index (χ4n) is 3.29. The van der Waals surface area contributed by atoms with E-state index in [0.717, 1.165) is 19.3 Å². The van der Waals surface area contributed by atoms with E-state index in [0.29, 0.717) is 0 Å². The van der Waals surface area contributed by atoms with Crippen LogP contribution < -0.4 is 0 Å². The molecule has 0 unspecified atom stereocenters. The van der Waals surface area contributed by atoms with Gasteiger partial charge in [-0.15, -0.1) is 0 Å². The first kappa shape index (κ1) is 25.6. The number of hydrogen-bond acceptors (Lipinski definition) is 4. The third-order valence-electron chi connectivity index (χ3n) is 5.30. The Bertz CT molecular complexity index is 313. The Balaban J connectivity index is 3.26. The molecule has 0 aromatic rings. The quantitative estimate of drug-likeness (QED) is 0.265. The van der Waals surface area contributed by atoms with Gasteiger partial charge in [-0.05, 0) is 6.42 Å². The summed E-state index contributed by atoms with van der Waals surface area (Å²) in [5.41, 5.74) is -1.95. The van der Waals surface area contributed by atoms with Crippen molar-refractivity contribution in [3.63, 3.8) is 0 Å². The van der Waals surface area contributed by atoms with Crippen LogP contribution in [0.3, 0.4) is 0 Å². The molecule has 0 aromatic carbocycles. The first-order valence-corrected chi connectivity index (χ1v) is 11.1. The van der Waals surface area contributed by atoms with Crippen LogP contribution in [0.15, 0.2) is 0 Å². The van der Waals surface area contributed by atoms with Crippen molar-refractivity contribution in [1.82, 2.24) is 0 Å². The maximum atomic E-state index is 11.7. The van der Waals surface area contributed by atoms with Crippen LogP contribution in [-0.2, 0) is 4.79 Å². The van der Waals surface area contributed by atoms with E-state index in [1.807, 2.05) is 0 Å². The summed E-state index contributed by atoms with van der Waals surface area (Å²) < 4.78 is 0. The van der Waals surface area contributed by atoms with Crippen LogP contribution in [0.2, 0.25) is 0 Å². The van der Waals surface area contributed by atoms with Gasteiger partial charge in [-0.2, -0.15) is 0 Å². The van der Waals surface area contributed by atoms with Crippen molar-refractivity contribution >= 4 is 5.78 Å². The summed E-state index contributed by atoms with van der Waals surface area (Å²) in [6, 6.07) is 0. The van der Waals surface area contributed by atoms with Crippen molar-refractivity contribution in [2.75, 3.05) is 13.2 Å². The molecular formula is C22H44O4. The van der Waals surface area contributed by atoms with Gasteiger partial charge < -0.3 is 15.3 Å². The molecule has 0 radical (unpaired) electrons. The number of ketones is 1. The van der Waals surface area contributed by atoms with E-state index in [4.69, 9.17) is 10.2 Å². The molecule has 0 rings (SSSR count). The van der Waals surface area contributed by atoms with Crippen molar-refractivity contribution in [1.29, 1.82) is 0 Å². The highest BCUT2D eigenvalue weighted by Gasteiger charge is 2.33. The normalized spacial score (nSPS) is 11.8. The predicted molar refractivity (Wildman–Crippen MR) is 108 cm³/mol. The average molecular weight is 373 g/mol. The molecule has 0 saturated carbocycles. The molecule has 0 bridgehead atoms. The van der Waals surface area contributed by atoms with Gasteiger partial charge in [0.25, 0.3) is 0 Å². The van der Waals surface area contributed by atoms with Crippen LogP contribution in [0.4, 0.5) is 0 Å². The average Bonchev–Trinajstić information content (AvgIpc) is 2.66. The van der Waals surface area contributed by atoms with Crippen LogP contribution in [0.5, 0.6) is 0 Å². The van der Waals surface area contributed by atoms with Crippen LogP contribution in [-0.4, -0.2) is 39.9 Å². The van der Waals surface area contributed by atoms with E-state index < -0.39 is 24.6 Å². The van der Waals surface area contributed by atoms with Crippen LogP contribution in [0.25, 0.3) is 0 Å². The van der Waals surface area contributed by atoms with E-state index in [2.05, 4.69) is 6.92 Å². The molecule has 0 amide bonds. The summed E-state index contributed by atoms with van der Waals surface area (Å²) in [5, 5.41) is 27.6. The topological polar surface area (TPSA) is 77.8 Å². The molecule has 156 valence electrons. The van der Waals surface area contributed by atoms with Gasteiger partial charge in [-0.3, -0.25) is 4.79 Å². The lowest BCUT2D eigenvalue weighted by molar-refractivity contribution is -0.146. The maximum absolute atomic E-state index is 11.7. The molecule has 0 aliphatic carbocycles. The zero-order chi connectivity index (χ0) is 19.5. The fraction of sp³-hybridized carbons (Fsp3) is 0.955. The second-order valence-electron chi connectivity index (χ2n) is 7.82.